The van der Waals surface area contributed by atoms with Gasteiger partial charge in [0.2, 0.25) is 0 Å². The third-order valence-electron chi connectivity index (χ3n) is 4.77. The minimum absolute atomic E-state index is 0.151. The maximum atomic E-state index is 6.06. The summed E-state index contributed by atoms with van der Waals surface area (Å²) in [5.41, 5.74) is 1.92. The van der Waals surface area contributed by atoms with E-state index in [9.17, 15) is 0 Å². The number of hydrogen-bond donors (Lipinski definition) is 1. The highest BCUT2D eigenvalue weighted by Gasteiger charge is 2.23. The molecule has 0 aliphatic carbocycles. The number of benzene rings is 1. The Morgan fingerprint density at radius 2 is 2.29 bits per heavy atom. The first-order valence-corrected chi connectivity index (χ1v) is 8.49. The lowest BCUT2D eigenvalue weighted by Gasteiger charge is -2.27. The van der Waals surface area contributed by atoms with E-state index in [0.29, 0.717) is 6.04 Å². The molecule has 1 N–H and O–H groups in total. The van der Waals surface area contributed by atoms with Crippen LogP contribution in [0.25, 0.3) is 11.0 Å². The molecule has 2 aromatic heterocycles. The number of ether oxygens (including phenoxy) is 1. The molecule has 1 aliphatic rings. The molecule has 1 aromatic carbocycles. The van der Waals surface area contributed by atoms with E-state index in [0.717, 1.165) is 47.6 Å². The number of para-hydroxylation sites is 1. The van der Waals surface area contributed by atoms with Crippen molar-refractivity contribution in [1.29, 1.82) is 0 Å². The van der Waals surface area contributed by atoms with Crippen LogP contribution in [0.3, 0.4) is 0 Å². The number of rotatable bonds is 4. The lowest BCUT2D eigenvalue weighted by molar-refractivity contribution is 0.329. The monoisotopic (exact) mass is 325 g/mol. The van der Waals surface area contributed by atoms with Gasteiger partial charge in [-0.2, -0.15) is 0 Å². The molecule has 0 saturated heterocycles. The van der Waals surface area contributed by atoms with E-state index in [4.69, 9.17) is 9.15 Å². The van der Waals surface area contributed by atoms with Gasteiger partial charge in [-0.15, -0.1) is 0 Å². The number of aryl methyl sites for hydroxylation is 2. The largest absolute Gasteiger partial charge is 0.493 e. The van der Waals surface area contributed by atoms with Crippen LogP contribution in [0.1, 0.15) is 36.7 Å². The second-order valence-corrected chi connectivity index (χ2v) is 6.60. The maximum absolute atomic E-state index is 6.06. The molecule has 0 amide bonds. The van der Waals surface area contributed by atoms with E-state index in [1.165, 1.54) is 5.82 Å². The van der Waals surface area contributed by atoms with Crippen LogP contribution in [0.15, 0.2) is 34.9 Å². The molecule has 0 radical (unpaired) electrons. The quantitative estimate of drug-likeness (QED) is 0.796. The lowest BCUT2D eigenvalue weighted by atomic mass is 10.1. The second-order valence-electron chi connectivity index (χ2n) is 6.60. The van der Waals surface area contributed by atoms with Gasteiger partial charge in [0.1, 0.15) is 11.6 Å². The lowest BCUT2D eigenvalue weighted by Crippen LogP contribution is -2.38. The summed E-state index contributed by atoms with van der Waals surface area (Å²) >= 11 is 0. The number of fused-ring (bicyclic) bond motifs is 2. The van der Waals surface area contributed by atoms with Crippen molar-refractivity contribution in [3.63, 3.8) is 0 Å². The van der Waals surface area contributed by atoms with Gasteiger partial charge in [-0.3, -0.25) is 0 Å². The van der Waals surface area contributed by atoms with Gasteiger partial charge >= 0.3 is 0 Å². The Morgan fingerprint density at radius 3 is 3.12 bits per heavy atom. The van der Waals surface area contributed by atoms with Crippen LogP contribution >= 0.6 is 0 Å². The van der Waals surface area contributed by atoms with Crippen LogP contribution in [-0.4, -0.2) is 22.7 Å². The van der Waals surface area contributed by atoms with Crippen LogP contribution < -0.4 is 10.1 Å². The molecule has 2 atom stereocenters. The highest BCUT2D eigenvalue weighted by molar-refractivity contribution is 5.83. The number of imidazole rings is 1. The summed E-state index contributed by atoms with van der Waals surface area (Å²) < 4.78 is 13.7. The van der Waals surface area contributed by atoms with E-state index in [1.807, 2.05) is 12.1 Å². The molecule has 4 rings (SSSR count). The molecule has 0 bridgehead atoms. The van der Waals surface area contributed by atoms with Crippen LogP contribution in [0.5, 0.6) is 5.75 Å². The first-order chi connectivity index (χ1) is 11.6. The molecule has 0 unspecified atom stereocenters. The fraction of sp³-hybridized carbons (Fsp3) is 0.421. The number of furan rings is 1. The summed E-state index contributed by atoms with van der Waals surface area (Å²) in [5, 5.41) is 4.78. The van der Waals surface area contributed by atoms with Crippen molar-refractivity contribution in [2.45, 2.75) is 45.3 Å². The highest BCUT2D eigenvalue weighted by atomic mass is 16.5. The van der Waals surface area contributed by atoms with E-state index >= 15 is 0 Å². The van der Waals surface area contributed by atoms with Crippen molar-refractivity contribution in [3.05, 3.63) is 47.7 Å². The Balaban J connectivity index is 1.51. The third-order valence-corrected chi connectivity index (χ3v) is 4.77. The smallest absolute Gasteiger partial charge is 0.176 e. The number of nitrogens with zero attached hydrogens (tertiary/aromatic N) is 2. The normalized spacial score (nSPS) is 18.5. The Kier molecular flexibility index (Phi) is 3.81. The molecule has 1 aliphatic heterocycles. The Hall–Kier alpha value is -2.27. The maximum Gasteiger partial charge on any atom is 0.176 e. The van der Waals surface area contributed by atoms with E-state index < -0.39 is 0 Å². The van der Waals surface area contributed by atoms with Crippen molar-refractivity contribution in [2.75, 3.05) is 7.11 Å². The van der Waals surface area contributed by atoms with Gasteiger partial charge in [0.15, 0.2) is 11.3 Å². The molecular weight excluding hydrogens is 302 g/mol. The Morgan fingerprint density at radius 1 is 1.42 bits per heavy atom. The van der Waals surface area contributed by atoms with Crippen molar-refractivity contribution in [3.8, 4) is 5.75 Å². The van der Waals surface area contributed by atoms with Gasteiger partial charge in [-0.25, -0.2) is 4.98 Å². The third kappa shape index (κ3) is 2.69. The summed E-state index contributed by atoms with van der Waals surface area (Å²) in [4.78, 5) is 4.57. The predicted molar refractivity (Wildman–Crippen MR) is 93.4 cm³/mol. The molecule has 3 aromatic rings. The summed E-state index contributed by atoms with van der Waals surface area (Å²) in [7, 11) is 1.67. The molecule has 0 spiro atoms. The summed E-state index contributed by atoms with van der Waals surface area (Å²) in [5.74, 6) is 2.93. The Labute approximate surface area is 141 Å². The molecule has 24 heavy (non-hydrogen) atoms. The fourth-order valence-electron chi connectivity index (χ4n) is 3.59. The van der Waals surface area contributed by atoms with Gasteiger partial charge in [-0.1, -0.05) is 12.1 Å². The van der Waals surface area contributed by atoms with Crippen LogP contribution in [-0.2, 0) is 13.0 Å². The zero-order valence-corrected chi connectivity index (χ0v) is 14.4. The molecule has 126 valence electrons. The standard InChI is InChI=1S/C19H23N3O2/c1-12-10-22-11-15(7-8-18(22)20-12)21-13(2)17-9-14-5-4-6-16(23-3)19(14)24-17/h4-6,9-10,13,15,21H,7-8,11H2,1-3H3/t13-,15-/m1/s1. The van der Waals surface area contributed by atoms with Gasteiger partial charge in [0, 0.05) is 30.6 Å². The number of aromatic nitrogens is 2. The van der Waals surface area contributed by atoms with Gasteiger partial charge < -0.3 is 19.0 Å². The van der Waals surface area contributed by atoms with Crippen molar-refractivity contribution < 1.29 is 9.15 Å². The van der Waals surface area contributed by atoms with Crippen molar-refractivity contribution >= 4 is 11.0 Å². The van der Waals surface area contributed by atoms with Crippen molar-refractivity contribution in [1.82, 2.24) is 14.9 Å². The van der Waals surface area contributed by atoms with Crippen LogP contribution in [0, 0.1) is 6.92 Å². The first-order valence-electron chi connectivity index (χ1n) is 8.49. The van der Waals surface area contributed by atoms with Crippen LogP contribution in [0.2, 0.25) is 0 Å². The first kappa shape index (κ1) is 15.3. The molecular formula is C19H23N3O2. The molecule has 0 fully saturated rings. The SMILES string of the molecule is COc1cccc2cc([C@@H](C)N[C@@H]3CCc4nc(C)cn4C3)oc12. The Bertz CT molecular complexity index is 865. The van der Waals surface area contributed by atoms with Gasteiger partial charge in [0.25, 0.3) is 0 Å². The average Bonchev–Trinajstić information content (AvgIpc) is 3.16. The minimum atomic E-state index is 0.151. The van der Waals surface area contributed by atoms with Crippen LogP contribution in [0.4, 0.5) is 0 Å². The van der Waals surface area contributed by atoms with Gasteiger partial charge in [0.05, 0.1) is 18.8 Å². The zero-order chi connectivity index (χ0) is 16.7. The summed E-state index contributed by atoms with van der Waals surface area (Å²) in [6.45, 7) is 5.17. The predicted octanol–water partition coefficient (Wildman–Crippen LogP) is 3.61. The molecule has 3 heterocycles. The van der Waals surface area contributed by atoms with E-state index in [2.05, 4.69) is 47.0 Å². The minimum Gasteiger partial charge on any atom is -0.493 e. The van der Waals surface area contributed by atoms with E-state index in [1.54, 1.807) is 7.11 Å². The number of nitrogens with one attached hydrogen (secondary N) is 1. The van der Waals surface area contributed by atoms with Crippen molar-refractivity contribution in [2.24, 2.45) is 0 Å². The highest BCUT2D eigenvalue weighted by Crippen LogP contribution is 2.31. The topological polar surface area (TPSA) is 52.2 Å². The molecule has 5 nitrogen and oxygen atoms in total. The average molecular weight is 325 g/mol. The summed E-state index contributed by atoms with van der Waals surface area (Å²) in [6, 6.07) is 8.65. The fourth-order valence-corrected chi connectivity index (χ4v) is 3.59. The zero-order valence-electron chi connectivity index (χ0n) is 14.4. The number of methoxy groups -OCH3 is 1. The number of hydrogen-bond acceptors (Lipinski definition) is 4. The molecule has 5 heteroatoms. The van der Waals surface area contributed by atoms with Gasteiger partial charge in [-0.05, 0) is 32.4 Å². The summed E-state index contributed by atoms with van der Waals surface area (Å²) in [6.07, 6.45) is 4.26. The molecule has 0 saturated carbocycles. The second kappa shape index (κ2) is 5.98. The van der Waals surface area contributed by atoms with E-state index in [-0.39, 0.29) is 6.04 Å².